The highest BCUT2D eigenvalue weighted by Crippen LogP contribution is 2.28. The lowest BCUT2D eigenvalue weighted by molar-refractivity contribution is 0.354. The van der Waals surface area contributed by atoms with Gasteiger partial charge in [0.25, 0.3) is 0 Å². The molecule has 3 nitrogen and oxygen atoms in total. The molecule has 1 aromatic carbocycles. The summed E-state index contributed by atoms with van der Waals surface area (Å²) in [6.07, 6.45) is 2.93. The second-order valence-corrected chi connectivity index (χ2v) is 4.68. The van der Waals surface area contributed by atoms with E-state index < -0.39 is 0 Å². The summed E-state index contributed by atoms with van der Waals surface area (Å²) in [6, 6.07) is 6.46. The minimum Gasteiger partial charge on any atom is -0.493 e. The molecule has 0 aromatic heterocycles. The molecule has 3 heteroatoms. The molecule has 110 valence electrons. The van der Waals surface area contributed by atoms with Gasteiger partial charge in [0, 0.05) is 12.5 Å². The van der Waals surface area contributed by atoms with E-state index in [4.69, 9.17) is 9.47 Å². The lowest BCUT2D eigenvalue weighted by Crippen LogP contribution is -2.31. The molecule has 0 spiro atoms. The molecule has 1 N–H and O–H groups in total. The number of hydrogen-bond acceptors (Lipinski definition) is 3. The van der Waals surface area contributed by atoms with Gasteiger partial charge in [0.05, 0.1) is 14.2 Å². The van der Waals surface area contributed by atoms with E-state index in [1.165, 1.54) is 5.56 Å². The molecule has 0 amide bonds. The standard InChI is InChI=1S/C17H25NO2/c1-5-7-8-15(18-11-6-2)12-14-9-10-16(19-3)17(13-14)20-4/h9-10,13,15,18H,6,8,11-12H2,1-4H3. The largest absolute Gasteiger partial charge is 0.493 e. The molecule has 1 atom stereocenters. The maximum Gasteiger partial charge on any atom is 0.160 e. The fraction of sp³-hybridized carbons (Fsp3) is 0.529. The van der Waals surface area contributed by atoms with Crippen LogP contribution in [0.5, 0.6) is 11.5 Å². The number of benzene rings is 1. The first-order valence-electron chi connectivity index (χ1n) is 7.09. The molecule has 0 saturated heterocycles. The Morgan fingerprint density at radius 2 is 1.95 bits per heavy atom. The molecule has 0 heterocycles. The van der Waals surface area contributed by atoms with Gasteiger partial charge in [-0.15, -0.1) is 11.8 Å². The Morgan fingerprint density at radius 1 is 1.20 bits per heavy atom. The normalized spacial score (nSPS) is 11.4. The van der Waals surface area contributed by atoms with Crippen molar-refractivity contribution >= 4 is 0 Å². The molecule has 1 unspecified atom stereocenters. The van der Waals surface area contributed by atoms with Gasteiger partial charge in [0.2, 0.25) is 0 Å². The molecule has 0 aliphatic rings. The van der Waals surface area contributed by atoms with Gasteiger partial charge in [0.15, 0.2) is 11.5 Å². The van der Waals surface area contributed by atoms with E-state index in [1.54, 1.807) is 14.2 Å². The van der Waals surface area contributed by atoms with E-state index in [9.17, 15) is 0 Å². The summed E-state index contributed by atoms with van der Waals surface area (Å²) in [5.41, 5.74) is 1.23. The third kappa shape index (κ3) is 5.14. The Balaban J connectivity index is 2.77. The number of ether oxygens (including phenoxy) is 2. The van der Waals surface area contributed by atoms with E-state index in [0.717, 1.165) is 37.3 Å². The third-order valence-corrected chi connectivity index (χ3v) is 3.14. The van der Waals surface area contributed by atoms with E-state index in [0.29, 0.717) is 6.04 Å². The number of methoxy groups -OCH3 is 2. The van der Waals surface area contributed by atoms with Crippen LogP contribution in [0.1, 0.15) is 32.3 Å². The van der Waals surface area contributed by atoms with Crippen LogP contribution in [0.3, 0.4) is 0 Å². The summed E-state index contributed by atoms with van der Waals surface area (Å²) in [6.45, 7) is 5.07. The quantitative estimate of drug-likeness (QED) is 0.740. The zero-order valence-corrected chi connectivity index (χ0v) is 13.0. The minimum absolute atomic E-state index is 0.375. The van der Waals surface area contributed by atoms with Gasteiger partial charge in [-0.05, 0) is 44.0 Å². The Hall–Kier alpha value is -1.66. The molecular formula is C17H25NO2. The maximum atomic E-state index is 5.35. The van der Waals surface area contributed by atoms with Gasteiger partial charge in [-0.1, -0.05) is 13.0 Å². The van der Waals surface area contributed by atoms with Gasteiger partial charge in [-0.3, -0.25) is 0 Å². The van der Waals surface area contributed by atoms with Crippen LogP contribution in [0.15, 0.2) is 18.2 Å². The molecule has 0 saturated carbocycles. The van der Waals surface area contributed by atoms with Gasteiger partial charge >= 0.3 is 0 Å². The second kappa shape index (κ2) is 9.28. The van der Waals surface area contributed by atoms with Crippen molar-refractivity contribution in [2.45, 2.75) is 39.2 Å². The molecule has 0 aliphatic heterocycles. The zero-order chi connectivity index (χ0) is 14.8. The smallest absolute Gasteiger partial charge is 0.160 e. The average Bonchev–Trinajstić information content (AvgIpc) is 2.49. The summed E-state index contributed by atoms with van der Waals surface area (Å²) in [5.74, 6) is 7.67. The maximum absolute atomic E-state index is 5.35. The van der Waals surface area contributed by atoms with Crippen LogP contribution in [-0.4, -0.2) is 26.8 Å². The van der Waals surface area contributed by atoms with Crippen LogP contribution in [0.4, 0.5) is 0 Å². The highest BCUT2D eigenvalue weighted by molar-refractivity contribution is 5.43. The second-order valence-electron chi connectivity index (χ2n) is 4.68. The Morgan fingerprint density at radius 3 is 2.55 bits per heavy atom. The molecule has 1 rings (SSSR count). The Kier molecular flexibility index (Phi) is 7.60. The first kappa shape index (κ1) is 16.4. The predicted octanol–water partition coefficient (Wildman–Crippen LogP) is 3.03. The van der Waals surface area contributed by atoms with Crippen molar-refractivity contribution in [2.24, 2.45) is 0 Å². The van der Waals surface area contributed by atoms with Crippen molar-refractivity contribution in [3.8, 4) is 23.3 Å². The SMILES string of the molecule is CC#CCC(Cc1ccc(OC)c(OC)c1)NCCC. The van der Waals surface area contributed by atoms with Crippen molar-refractivity contribution in [3.63, 3.8) is 0 Å². The van der Waals surface area contributed by atoms with Gasteiger partial charge in [-0.2, -0.15) is 0 Å². The number of hydrogen-bond donors (Lipinski definition) is 1. The van der Waals surface area contributed by atoms with Crippen molar-refractivity contribution in [2.75, 3.05) is 20.8 Å². The summed E-state index contributed by atoms with van der Waals surface area (Å²) in [4.78, 5) is 0. The monoisotopic (exact) mass is 275 g/mol. The van der Waals surface area contributed by atoms with Gasteiger partial charge in [-0.25, -0.2) is 0 Å². The molecule has 0 fully saturated rings. The number of rotatable bonds is 8. The van der Waals surface area contributed by atoms with Crippen LogP contribution >= 0.6 is 0 Å². The van der Waals surface area contributed by atoms with E-state index in [-0.39, 0.29) is 0 Å². The zero-order valence-electron chi connectivity index (χ0n) is 13.0. The Labute approximate surface area is 122 Å². The van der Waals surface area contributed by atoms with E-state index >= 15 is 0 Å². The first-order valence-corrected chi connectivity index (χ1v) is 7.09. The van der Waals surface area contributed by atoms with Crippen molar-refractivity contribution in [1.82, 2.24) is 5.32 Å². The molecule has 20 heavy (non-hydrogen) atoms. The van der Waals surface area contributed by atoms with Crippen LogP contribution in [0.2, 0.25) is 0 Å². The first-order chi connectivity index (χ1) is 9.74. The van der Waals surface area contributed by atoms with Crippen molar-refractivity contribution in [1.29, 1.82) is 0 Å². The topological polar surface area (TPSA) is 30.5 Å². The molecule has 0 bridgehead atoms. The highest BCUT2D eigenvalue weighted by Gasteiger charge is 2.10. The fourth-order valence-corrected chi connectivity index (χ4v) is 2.08. The summed E-state index contributed by atoms with van der Waals surface area (Å²) in [5, 5.41) is 3.54. The molecule has 1 aromatic rings. The lowest BCUT2D eigenvalue weighted by atomic mass is 10.0. The third-order valence-electron chi connectivity index (χ3n) is 3.14. The van der Waals surface area contributed by atoms with Crippen LogP contribution in [-0.2, 0) is 6.42 Å². The van der Waals surface area contributed by atoms with Crippen LogP contribution in [0.25, 0.3) is 0 Å². The van der Waals surface area contributed by atoms with Crippen molar-refractivity contribution in [3.05, 3.63) is 23.8 Å². The fourth-order valence-electron chi connectivity index (χ4n) is 2.08. The van der Waals surface area contributed by atoms with Gasteiger partial charge < -0.3 is 14.8 Å². The predicted molar refractivity (Wildman–Crippen MR) is 83.4 cm³/mol. The molecule has 0 radical (unpaired) electrons. The molecule has 0 aliphatic carbocycles. The van der Waals surface area contributed by atoms with Crippen molar-refractivity contribution < 1.29 is 9.47 Å². The summed E-state index contributed by atoms with van der Waals surface area (Å²) < 4.78 is 10.6. The Bertz CT molecular complexity index is 460. The van der Waals surface area contributed by atoms with Crippen LogP contribution in [0, 0.1) is 11.8 Å². The average molecular weight is 275 g/mol. The highest BCUT2D eigenvalue weighted by atomic mass is 16.5. The van der Waals surface area contributed by atoms with Crippen LogP contribution < -0.4 is 14.8 Å². The van der Waals surface area contributed by atoms with E-state index in [2.05, 4.69) is 30.1 Å². The molecular weight excluding hydrogens is 250 g/mol. The lowest BCUT2D eigenvalue weighted by Gasteiger charge is -2.17. The van der Waals surface area contributed by atoms with Gasteiger partial charge in [0.1, 0.15) is 0 Å². The summed E-state index contributed by atoms with van der Waals surface area (Å²) in [7, 11) is 3.32. The summed E-state index contributed by atoms with van der Waals surface area (Å²) >= 11 is 0. The van der Waals surface area contributed by atoms with E-state index in [1.807, 2.05) is 19.1 Å². The number of nitrogens with one attached hydrogen (secondary N) is 1. The minimum atomic E-state index is 0.375.